The zero-order chi connectivity index (χ0) is 15.2. The number of hydrogen-bond acceptors (Lipinski definition) is 4. The normalized spacial score (nSPS) is 11.6. The second-order valence-electron chi connectivity index (χ2n) is 4.29. The molecule has 1 aromatic carbocycles. The zero-order valence-electron chi connectivity index (χ0n) is 11.7. The first-order chi connectivity index (χ1) is 10.1. The van der Waals surface area contributed by atoms with Gasteiger partial charge in [0.2, 0.25) is 5.88 Å². The number of rotatable bonds is 5. The molecule has 0 radical (unpaired) electrons. The van der Waals surface area contributed by atoms with Gasteiger partial charge in [0, 0.05) is 6.07 Å². The summed E-state index contributed by atoms with van der Waals surface area (Å²) in [6.45, 7) is 1.61. The monoisotopic (exact) mass is 290 g/mol. The summed E-state index contributed by atoms with van der Waals surface area (Å²) < 4.78 is 23.1. The molecule has 0 saturated carbocycles. The molecule has 1 atom stereocenters. The molecule has 6 heteroatoms. The molecule has 0 bridgehead atoms. The molecule has 0 saturated heterocycles. The Balaban J connectivity index is 1.93. The number of anilines is 1. The number of ether oxygens (including phenoxy) is 2. The van der Waals surface area contributed by atoms with Gasteiger partial charge in [-0.3, -0.25) is 4.79 Å². The lowest BCUT2D eigenvalue weighted by Crippen LogP contribution is -2.30. The van der Waals surface area contributed by atoms with E-state index in [-0.39, 0.29) is 11.7 Å². The van der Waals surface area contributed by atoms with Crippen molar-refractivity contribution < 1.29 is 18.7 Å². The summed E-state index contributed by atoms with van der Waals surface area (Å²) in [6, 6.07) is 8.79. The summed E-state index contributed by atoms with van der Waals surface area (Å²) in [4.78, 5) is 16.0. The predicted molar refractivity (Wildman–Crippen MR) is 75.9 cm³/mol. The minimum atomic E-state index is -0.724. The topological polar surface area (TPSA) is 60.5 Å². The van der Waals surface area contributed by atoms with E-state index in [1.165, 1.54) is 37.6 Å². The van der Waals surface area contributed by atoms with Crippen LogP contribution >= 0.6 is 0 Å². The summed E-state index contributed by atoms with van der Waals surface area (Å²) in [5.74, 6) is 0.200. The summed E-state index contributed by atoms with van der Waals surface area (Å²) in [6.07, 6.45) is 0.763. The molecular formula is C15H15FN2O3. The van der Waals surface area contributed by atoms with Crippen molar-refractivity contribution in [2.75, 3.05) is 12.4 Å². The van der Waals surface area contributed by atoms with E-state index in [9.17, 15) is 9.18 Å². The highest BCUT2D eigenvalue weighted by molar-refractivity contribution is 5.93. The molecular weight excluding hydrogens is 275 g/mol. The number of halogens is 1. The number of carbonyl (C=O) groups excluding carboxylic acids is 1. The van der Waals surface area contributed by atoms with Crippen LogP contribution in [0.1, 0.15) is 6.92 Å². The van der Waals surface area contributed by atoms with Crippen LogP contribution in [0.25, 0.3) is 0 Å². The van der Waals surface area contributed by atoms with E-state index in [1.54, 1.807) is 19.1 Å². The van der Waals surface area contributed by atoms with Gasteiger partial charge in [-0.05, 0) is 37.3 Å². The van der Waals surface area contributed by atoms with Crippen molar-refractivity contribution in [3.8, 4) is 11.6 Å². The van der Waals surface area contributed by atoms with E-state index in [0.717, 1.165) is 0 Å². The quantitative estimate of drug-likeness (QED) is 0.919. The number of nitrogens with zero attached hydrogens (tertiary/aromatic N) is 1. The third-order valence-electron chi connectivity index (χ3n) is 2.71. The van der Waals surface area contributed by atoms with Gasteiger partial charge >= 0.3 is 0 Å². The fourth-order valence-corrected chi connectivity index (χ4v) is 1.59. The molecule has 21 heavy (non-hydrogen) atoms. The van der Waals surface area contributed by atoms with Gasteiger partial charge in [0.1, 0.15) is 11.6 Å². The standard InChI is InChI=1S/C15H15FN2O3/c1-10(21-13-6-3-11(16)4-7-13)15(19)18-12-5-8-14(20-2)17-9-12/h3-10H,1-2H3,(H,18,19). The van der Waals surface area contributed by atoms with Crippen LogP contribution in [0, 0.1) is 5.82 Å². The summed E-state index contributed by atoms with van der Waals surface area (Å²) >= 11 is 0. The van der Waals surface area contributed by atoms with Crippen molar-refractivity contribution in [2.24, 2.45) is 0 Å². The highest BCUT2D eigenvalue weighted by Gasteiger charge is 2.15. The third kappa shape index (κ3) is 4.17. The molecule has 1 amide bonds. The van der Waals surface area contributed by atoms with E-state index in [0.29, 0.717) is 17.3 Å². The summed E-state index contributed by atoms with van der Waals surface area (Å²) in [5.41, 5.74) is 0.537. The van der Waals surface area contributed by atoms with Gasteiger partial charge in [-0.15, -0.1) is 0 Å². The van der Waals surface area contributed by atoms with Crippen LogP contribution in [-0.4, -0.2) is 24.1 Å². The highest BCUT2D eigenvalue weighted by atomic mass is 19.1. The zero-order valence-corrected chi connectivity index (χ0v) is 11.7. The molecule has 1 N–H and O–H groups in total. The molecule has 110 valence electrons. The molecule has 2 rings (SSSR count). The third-order valence-corrected chi connectivity index (χ3v) is 2.71. The number of carbonyl (C=O) groups is 1. The highest BCUT2D eigenvalue weighted by Crippen LogP contribution is 2.15. The first-order valence-electron chi connectivity index (χ1n) is 6.31. The Bertz CT molecular complexity index is 599. The van der Waals surface area contributed by atoms with Crippen molar-refractivity contribution >= 4 is 11.6 Å². The lowest BCUT2D eigenvalue weighted by Gasteiger charge is -2.14. The smallest absolute Gasteiger partial charge is 0.265 e. The summed E-state index contributed by atoms with van der Waals surface area (Å²) in [7, 11) is 1.51. The van der Waals surface area contributed by atoms with Crippen LogP contribution in [0.3, 0.4) is 0 Å². The molecule has 0 spiro atoms. The second-order valence-corrected chi connectivity index (χ2v) is 4.29. The fourth-order valence-electron chi connectivity index (χ4n) is 1.59. The number of benzene rings is 1. The summed E-state index contributed by atoms with van der Waals surface area (Å²) in [5, 5.41) is 2.67. The van der Waals surface area contributed by atoms with Gasteiger partial charge in [-0.1, -0.05) is 0 Å². The maximum Gasteiger partial charge on any atom is 0.265 e. The molecule has 0 aliphatic rings. The van der Waals surface area contributed by atoms with Gasteiger partial charge in [-0.25, -0.2) is 9.37 Å². The molecule has 1 aromatic heterocycles. The Morgan fingerprint density at radius 3 is 2.52 bits per heavy atom. The van der Waals surface area contributed by atoms with Crippen molar-refractivity contribution in [2.45, 2.75) is 13.0 Å². The van der Waals surface area contributed by atoms with Crippen LogP contribution in [-0.2, 0) is 4.79 Å². The fraction of sp³-hybridized carbons (Fsp3) is 0.200. The van der Waals surface area contributed by atoms with Crippen molar-refractivity contribution in [1.29, 1.82) is 0 Å². The van der Waals surface area contributed by atoms with Crippen LogP contribution < -0.4 is 14.8 Å². The number of aromatic nitrogens is 1. The minimum Gasteiger partial charge on any atom is -0.481 e. The number of methoxy groups -OCH3 is 1. The van der Waals surface area contributed by atoms with Gasteiger partial charge in [-0.2, -0.15) is 0 Å². The SMILES string of the molecule is COc1ccc(NC(=O)C(C)Oc2ccc(F)cc2)cn1. The van der Waals surface area contributed by atoms with Crippen LogP contribution in [0.2, 0.25) is 0 Å². The van der Waals surface area contributed by atoms with E-state index in [4.69, 9.17) is 9.47 Å². The maximum absolute atomic E-state index is 12.8. The molecule has 5 nitrogen and oxygen atoms in total. The number of pyridine rings is 1. The van der Waals surface area contributed by atoms with Gasteiger partial charge in [0.15, 0.2) is 6.10 Å². The molecule has 0 aliphatic carbocycles. The van der Waals surface area contributed by atoms with E-state index in [2.05, 4.69) is 10.3 Å². The number of nitrogens with one attached hydrogen (secondary N) is 1. The van der Waals surface area contributed by atoms with Crippen molar-refractivity contribution in [3.63, 3.8) is 0 Å². The molecule has 0 aliphatic heterocycles. The average molecular weight is 290 g/mol. The Hall–Kier alpha value is -2.63. The lowest BCUT2D eigenvalue weighted by molar-refractivity contribution is -0.122. The number of hydrogen-bond donors (Lipinski definition) is 1. The average Bonchev–Trinajstić information content (AvgIpc) is 2.50. The Morgan fingerprint density at radius 1 is 1.24 bits per heavy atom. The van der Waals surface area contributed by atoms with Gasteiger partial charge in [0.25, 0.3) is 5.91 Å². The second kappa shape index (κ2) is 6.69. The Kier molecular flexibility index (Phi) is 4.71. The van der Waals surface area contributed by atoms with Crippen molar-refractivity contribution in [3.05, 3.63) is 48.4 Å². The first kappa shape index (κ1) is 14.8. The molecule has 1 heterocycles. The first-order valence-corrected chi connectivity index (χ1v) is 6.31. The Morgan fingerprint density at radius 2 is 1.95 bits per heavy atom. The largest absolute Gasteiger partial charge is 0.481 e. The molecule has 0 fully saturated rings. The van der Waals surface area contributed by atoms with Crippen LogP contribution in [0.5, 0.6) is 11.6 Å². The maximum atomic E-state index is 12.8. The van der Waals surface area contributed by atoms with Gasteiger partial charge < -0.3 is 14.8 Å². The van der Waals surface area contributed by atoms with Gasteiger partial charge in [0.05, 0.1) is 19.0 Å². The van der Waals surface area contributed by atoms with E-state index >= 15 is 0 Å². The molecule has 2 aromatic rings. The molecule has 1 unspecified atom stereocenters. The lowest BCUT2D eigenvalue weighted by atomic mass is 10.3. The number of amides is 1. The van der Waals surface area contributed by atoms with E-state index in [1.807, 2.05) is 0 Å². The predicted octanol–water partition coefficient (Wildman–Crippen LogP) is 2.64. The van der Waals surface area contributed by atoms with Crippen LogP contribution in [0.4, 0.5) is 10.1 Å². The van der Waals surface area contributed by atoms with E-state index < -0.39 is 6.10 Å². The Labute approximate surface area is 121 Å². The minimum absolute atomic E-state index is 0.328. The van der Waals surface area contributed by atoms with Crippen LogP contribution in [0.15, 0.2) is 42.6 Å². The van der Waals surface area contributed by atoms with Crippen molar-refractivity contribution in [1.82, 2.24) is 4.98 Å².